The Balaban J connectivity index is 2.04. The molecule has 0 unspecified atom stereocenters. The van der Waals surface area contributed by atoms with Gasteiger partial charge < -0.3 is 20.3 Å². The first kappa shape index (κ1) is 14.9. The summed E-state index contributed by atoms with van der Waals surface area (Å²) in [4.78, 5) is 11.7. The van der Waals surface area contributed by atoms with E-state index in [2.05, 4.69) is 5.32 Å². The number of carboxylic acid groups (broad SMARTS) is 1. The minimum absolute atomic E-state index is 0.0122. The Kier molecular flexibility index (Phi) is 5.49. The van der Waals surface area contributed by atoms with Crippen LogP contribution in [0.25, 0.3) is 10.1 Å². The normalized spacial score (nSPS) is 11.1. The van der Waals surface area contributed by atoms with Crippen molar-refractivity contribution in [3.05, 3.63) is 34.7 Å². The lowest BCUT2D eigenvalue weighted by Gasteiger charge is -2.06. The molecule has 0 atom stereocenters. The Morgan fingerprint density at radius 1 is 1.30 bits per heavy atom. The van der Waals surface area contributed by atoms with E-state index in [1.807, 2.05) is 24.3 Å². The van der Waals surface area contributed by atoms with Gasteiger partial charge in [-0.15, -0.1) is 11.3 Å². The van der Waals surface area contributed by atoms with Gasteiger partial charge in [-0.2, -0.15) is 0 Å². The van der Waals surface area contributed by atoms with E-state index in [1.165, 1.54) is 11.3 Å². The van der Waals surface area contributed by atoms with Crippen LogP contribution >= 0.6 is 11.3 Å². The van der Waals surface area contributed by atoms with E-state index in [0.29, 0.717) is 31.2 Å². The standard InChI is InChI=1S/C14H17NO4S/c16-6-8-19-7-5-15-9-11-10-3-1-2-4-12(10)20-13(11)14(17)18/h1-4,15-16H,5-9H2,(H,17,18). The molecule has 0 saturated carbocycles. The third kappa shape index (κ3) is 3.55. The lowest BCUT2D eigenvalue weighted by molar-refractivity contribution is 0.0701. The highest BCUT2D eigenvalue weighted by molar-refractivity contribution is 7.21. The first-order valence-electron chi connectivity index (χ1n) is 6.37. The van der Waals surface area contributed by atoms with Crippen molar-refractivity contribution in [3.63, 3.8) is 0 Å². The van der Waals surface area contributed by atoms with Crippen LogP contribution in [0.2, 0.25) is 0 Å². The minimum Gasteiger partial charge on any atom is -0.477 e. The largest absolute Gasteiger partial charge is 0.477 e. The van der Waals surface area contributed by atoms with E-state index in [-0.39, 0.29) is 6.61 Å². The molecule has 6 heteroatoms. The number of hydrogen-bond donors (Lipinski definition) is 3. The number of hydrogen-bond acceptors (Lipinski definition) is 5. The molecule has 0 fully saturated rings. The van der Waals surface area contributed by atoms with Crippen molar-refractivity contribution in [2.75, 3.05) is 26.4 Å². The molecule has 1 heterocycles. The number of fused-ring (bicyclic) bond motifs is 1. The summed E-state index contributed by atoms with van der Waals surface area (Å²) < 4.78 is 6.13. The SMILES string of the molecule is O=C(O)c1sc2ccccc2c1CNCCOCCO. The van der Waals surface area contributed by atoms with Crippen LogP contribution in [0.15, 0.2) is 24.3 Å². The number of carbonyl (C=O) groups is 1. The molecule has 2 aromatic rings. The fraction of sp³-hybridized carbons (Fsp3) is 0.357. The van der Waals surface area contributed by atoms with Crippen LogP contribution in [-0.4, -0.2) is 42.5 Å². The topological polar surface area (TPSA) is 78.8 Å². The zero-order chi connectivity index (χ0) is 14.4. The monoisotopic (exact) mass is 295 g/mol. The van der Waals surface area contributed by atoms with Crippen molar-refractivity contribution in [1.29, 1.82) is 0 Å². The summed E-state index contributed by atoms with van der Waals surface area (Å²) in [6.07, 6.45) is 0. The van der Waals surface area contributed by atoms with Crippen LogP contribution in [0.3, 0.4) is 0 Å². The summed E-state index contributed by atoms with van der Waals surface area (Å²) in [6.45, 7) is 1.93. The van der Waals surface area contributed by atoms with E-state index >= 15 is 0 Å². The van der Waals surface area contributed by atoms with Gasteiger partial charge in [-0.25, -0.2) is 4.79 Å². The van der Waals surface area contributed by atoms with Gasteiger partial charge in [-0.1, -0.05) is 18.2 Å². The van der Waals surface area contributed by atoms with Crippen LogP contribution in [0.1, 0.15) is 15.2 Å². The summed E-state index contributed by atoms with van der Waals surface area (Å²) in [5.74, 6) is -0.889. The quantitative estimate of drug-likeness (QED) is 0.646. The van der Waals surface area contributed by atoms with Gasteiger partial charge in [0, 0.05) is 17.8 Å². The van der Waals surface area contributed by atoms with Gasteiger partial charge in [0.15, 0.2) is 0 Å². The molecule has 0 aliphatic heterocycles. The molecule has 108 valence electrons. The number of nitrogens with one attached hydrogen (secondary N) is 1. The predicted octanol–water partition coefficient (Wildman–Crippen LogP) is 1.70. The summed E-state index contributed by atoms with van der Waals surface area (Å²) in [5.41, 5.74) is 0.820. The molecule has 0 saturated heterocycles. The first-order chi connectivity index (χ1) is 9.74. The molecule has 0 spiro atoms. The Hall–Kier alpha value is -1.47. The van der Waals surface area contributed by atoms with Crippen LogP contribution < -0.4 is 5.32 Å². The third-order valence-electron chi connectivity index (χ3n) is 2.85. The van der Waals surface area contributed by atoms with Crippen molar-refractivity contribution < 1.29 is 19.7 Å². The van der Waals surface area contributed by atoms with Crippen molar-refractivity contribution in [2.24, 2.45) is 0 Å². The Morgan fingerprint density at radius 3 is 2.85 bits per heavy atom. The molecule has 0 aliphatic carbocycles. The minimum atomic E-state index is -0.889. The highest BCUT2D eigenvalue weighted by Gasteiger charge is 2.16. The second-order valence-corrected chi connectivity index (χ2v) is 5.28. The first-order valence-corrected chi connectivity index (χ1v) is 7.18. The maximum Gasteiger partial charge on any atom is 0.346 e. The summed E-state index contributed by atoms with van der Waals surface area (Å²) >= 11 is 1.30. The molecule has 0 amide bonds. The highest BCUT2D eigenvalue weighted by atomic mass is 32.1. The fourth-order valence-electron chi connectivity index (χ4n) is 1.97. The van der Waals surface area contributed by atoms with Gasteiger partial charge >= 0.3 is 5.97 Å². The molecule has 0 bridgehead atoms. The average molecular weight is 295 g/mol. The summed E-state index contributed by atoms with van der Waals surface area (Å²) in [5, 5.41) is 22.0. The van der Waals surface area contributed by atoms with E-state index in [4.69, 9.17) is 9.84 Å². The average Bonchev–Trinajstić information content (AvgIpc) is 2.82. The Labute approximate surface area is 120 Å². The molecule has 1 aromatic heterocycles. The second-order valence-electron chi connectivity index (χ2n) is 4.22. The highest BCUT2D eigenvalue weighted by Crippen LogP contribution is 2.31. The lowest BCUT2D eigenvalue weighted by Crippen LogP contribution is -2.20. The smallest absolute Gasteiger partial charge is 0.346 e. The zero-order valence-corrected chi connectivity index (χ0v) is 11.8. The number of aliphatic hydroxyl groups is 1. The van der Waals surface area contributed by atoms with Gasteiger partial charge in [0.1, 0.15) is 4.88 Å². The number of benzene rings is 1. The molecule has 20 heavy (non-hydrogen) atoms. The predicted molar refractivity (Wildman–Crippen MR) is 78.4 cm³/mol. The van der Waals surface area contributed by atoms with Crippen LogP contribution in [-0.2, 0) is 11.3 Å². The van der Waals surface area contributed by atoms with Gasteiger partial charge in [-0.3, -0.25) is 0 Å². The Morgan fingerprint density at radius 2 is 2.10 bits per heavy atom. The van der Waals surface area contributed by atoms with Crippen LogP contribution in [0.4, 0.5) is 0 Å². The number of ether oxygens (including phenoxy) is 1. The maximum atomic E-state index is 11.3. The van der Waals surface area contributed by atoms with Gasteiger partial charge in [0.25, 0.3) is 0 Å². The van der Waals surface area contributed by atoms with Crippen molar-refractivity contribution in [1.82, 2.24) is 5.32 Å². The summed E-state index contributed by atoms with van der Waals surface area (Å²) in [6, 6.07) is 7.69. The van der Waals surface area contributed by atoms with Crippen molar-refractivity contribution >= 4 is 27.4 Å². The van der Waals surface area contributed by atoms with Crippen LogP contribution in [0, 0.1) is 0 Å². The fourth-order valence-corrected chi connectivity index (χ4v) is 3.03. The van der Waals surface area contributed by atoms with Gasteiger partial charge in [0.2, 0.25) is 0 Å². The van der Waals surface area contributed by atoms with E-state index in [9.17, 15) is 9.90 Å². The van der Waals surface area contributed by atoms with E-state index < -0.39 is 5.97 Å². The molecule has 5 nitrogen and oxygen atoms in total. The Bertz CT molecular complexity index is 582. The summed E-state index contributed by atoms with van der Waals surface area (Å²) in [7, 11) is 0. The molecule has 0 aliphatic rings. The molecule has 0 radical (unpaired) electrons. The molecule has 1 aromatic carbocycles. The van der Waals surface area contributed by atoms with Gasteiger partial charge in [-0.05, 0) is 17.0 Å². The second kappa shape index (κ2) is 7.35. The molecular weight excluding hydrogens is 278 g/mol. The number of thiophene rings is 1. The number of aliphatic hydroxyl groups excluding tert-OH is 1. The van der Waals surface area contributed by atoms with Gasteiger partial charge in [0.05, 0.1) is 19.8 Å². The maximum absolute atomic E-state index is 11.3. The zero-order valence-electron chi connectivity index (χ0n) is 11.0. The van der Waals surface area contributed by atoms with Crippen molar-refractivity contribution in [3.8, 4) is 0 Å². The lowest BCUT2D eigenvalue weighted by atomic mass is 10.1. The number of carboxylic acids is 1. The number of rotatable bonds is 8. The molecular formula is C14H17NO4S. The number of aromatic carboxylic acids is 1. The van der Waals surface area contributed by atoms with Crippen molar-refractivity contribution in [2.45, 2.75) is 6.54 Å². The van der Waals surface area contributed by atoms with E-state index in [0.717, 1.165) is 15.6 Å². The van der Waals surface area contributed by atoms with E-state index in [1.54, 1.807) is 0 Å². The molecule has 2 rings (SSSR count). The molecule has 3 N–H and O–H groups in total. The third-order valence-corrected chi connectivity index (χ3v) is 4.05. The van der Waals surface area contributed by atoms with Crippen LogP contribution in [0.5, 0.6) is 0 Å².